The van der Waals surface area contributed by atoms with Gasteiger partial charge in [0, 0.05) is 5.41 Å². The van der Waals surface area contributed by atoms with E-state index in [4.69, 9.17) is 0 Å². The van der Waals surface area contributed by atoms with Crippen LogP contribution in [0.1, 0.15) is 25.0 Å². The molecule has 10 rings (SSSR count). The van der Waals surface area contributed by atoms with Gasteiger partial charge in [0.1, 0.15) is 0 Å². The molecule has 0 nitrogen and oxygen atoms in total. The van der Waals surface area contributed by atoms with Crippen LogP contribution >= 0.6 is 0 Å². The maximum Gasteiger partial charge on any atom is 0.0159 e. The Morgan fingerprint density at radius 1 is 0.306 bits per heavy atom. The smallest absolute Gasteiger partial charge is 0.0159 e. The van der Waals surface area contributed by atoms with E-state index in [0.29, 0.717) is 0 Å². The number of hydrogen-bond acceptors (Lipinski definition) is 0. The van der Waals surface area contributed by atoms with Crippen molar-refractivity contribution >= 4 is 43.1 Å². The Morgan fingerprint density at radius 2 is 0.776 bits per heavy atom. The first-order valence-corrected chi connectivity index (χ1v) is 17.3. The SMILES string of the molecule is CC1(C)c2ccccc2-c2c1cc(-c1cc(-c3c4ccccc4c(-c4ccccc4)c4ccccc34)cc3ccccc13)c1ccccc21. The van der Waals surface area contributed by atoms with Crippen molar-refractivity contribution in [3.63, 3.8) is 0 Å². The maximum absolute atomic E-state index is 2.51. The van der Waals surface area contributed by atoms with E-state index in [2.05, 4.69) is 184 Å². The van der Waals surface area contributed by atoms with Crippen molar-refractivity contribution in [2.45, 2.75) is 19.3 Å². The van der Waals surface area contributed by atoms with Crippen molar-refractivity contribution in [2.75, 3.05) is 0 Å². The topological polar surface area (TPSA) is 0 Å². The first-order chi connectivity index (χ1) is 24.1. The van der Waals surface area contributed by atoms with Crippen LogP contribution < -0.4 is 0 Å². The highest BCUT2D eigenvalue weighted by Gasteiger charge is 2.37. The second kappa shape index (κ2) is 10.5. The standard InChI is InChI=1S/C49H34/c1-49(2)44-27-15-14-26-41(44)48-36-21-9-8-20-35(36)43(30-45(48)49)42-29-33(28-32-18-6-7-19-34(32)42)47-39-24-12-10-22-37(39)46(31-16-4-3-5-17-31)38-23-11-13-25-40(38)47/h3-30H,1-2H3. The molecule has 0 heteroatoms. The van der Waals surface area contributed by atoms with Gasteiger partial charge in [0.15, 0.2) is 0 Å². The molecule has 0 aromatic heterocycles. The van der Waals surface area contributed by atoms with E-state index < -0.39 is 0 Å². The third kappa shape index (κ3) is 4.04. The van der Waals surface area contributed by atoms with E-state index in [1.165, 1.54) is 98.7 Å². The van der Waals surface area contributed by atoms with Crippen molar-refractivity contribution in [1.82, 2.24) is 0 Å². The van der Waals surface area contributed by atoms with Crippen LogP contribution in [0.5, 0.6) is 0 Å². The Kier molecular flexibility index (Phi) is 6.02. The van der Waals surface area contributed by atoms with Crippen LogP contribution in [0.3, 0.4) is 0 Å². The fourth-order valence-electron chi connectivity index (χ4n) is 8.81. The average Bonchev–Trinajstić information content (AvgIpc) is 3.39. The van der Waals surface area contributed by atoms with Gasteiger partial charge >= 0.3 is 0 Å². The molecular formula is C49H34. The van der Waals surface area contributed by atoms with Crippen LogP contribution in [0.2, 0.25) is 0 Å². The predicted octanol–water partition coefficient (Wildman–Crippen LogP) is 13.6. The Balaban J connectivity index is 1.32. The molecule has 0 spiro atoms. The van der Waals surface area contributed by atoms with Crippen LogP contribution in [0.15, 0.2) is 170 Å². The van der Waals surface area contributed by atoms with Gasteiger partial charge in [-0.15, -0.1) is 0 Å². The molecule has 0 aliphatic heterocycles. The predicted molar refractivity (Wildman–Crippen MR) is 210 cm³/mol. The minimum absolute atomic E-state index is 0.0994. The molecule has 0 bridgehead atoms. The summed E-state index contributed by atoms with van der Waals surface area (Å²) in [4.78, 5) is 0. The summed E-state index contributed by atoms with van der Waals surface area (Å²) in [5.41, 5.74) is 13.1. The minimum Gasteiger partial charge on any atom is -0.0622 e. The highest BCUT2D eigenvalue weighted by atomic mass is 14.4. The molecule has 0 saturated heterocycles. The third-order valence-electron chi connectivity index (χ3n) is 11.0. The number of hydrogen-bond donors (Lipinski definition) is 0. The van der Waals surface area contributed by atoms with Crippen LogP contribution in [0, 0.1) is 0 Å². The van der Waals surface area contributed by atoms with Gasteiger partial charge in [0.2, 0.25) is 0 Å². The van der Waals surface area contributed by atoms with Gasteiger partial charge in [-0.3, -0.25) is 0 Å². The van der Waals surface area contributed by atoms with E-state index in [0.717, 1.165) is 0 Å². The molecule has 0 N–H and O–H groups in total. The van der Waals surface area contributed by atoms with E-state index in [1.807, 2.05) is 0 Å². The Morgan fingerprint density at radius 3 is 1.43 bits per heavy atom. The van der Waals surface area contributed by atoms with Crippen LogP contribution in [0.25, 0.3) is 87.6 Å². The lowest BCUT2D eigenvalue weighted by molar-refractivity contribution is 0.661. The van der Waals surface area contributed by atoms with Crippen molar-refractivity contribution in [3.8, 4) is 44.5 Å². The molecule has 9 aromatic rings. The number of rotatable bonds is 3. The lowest BCUT2D eigenvalue weighted by atomic mass is 9.79. The molecule has 9 aromatic carbocycles. The highest BCUT2D eigenvalue weighted by Crippen LogP contribution is 2.54. The zero-order valence-electron chi connectivity index (χ0n) is 27.7. The van der Waals surface area contributed by atoms with E-state index >= 15 is 0 Å². The molecule has 0 radical (unpaired) electrons. The van der Waals surface area contributed by atoms with Gasteiger partial charge in [-0.25, -0.2) is 0 Å². The summed E-state index contributed by atoms with van der Waals surface area (Å²) in [6.07, 6.45) is 0. The lowest BCUT2D eigenvalue weighted by Gasteiger charge is -2.24. The van der Waals surface area contributed by atoms with E-state index in [9.17, 15) is 0 Å². The fourth-order valence-corrected chi connectivity index (χ4v) is 8.81. The van der Waals surface area contributed by atoms with Crippen molar-refractivity contribution in [1.29, 1.82) is 0 Å². The van der Waals surface area contributed by atoms with Gasteiger partial charge in [-0.1, -0.05) is 166 Å². The summed E-state index contributed by atoms with van der Waals surface area (Å²) in [6, 6.07) is 63.1. The molecule has 0 unspecified atom stereocenters. The number of benzene rings is 9. The molecule has 0 amide bonds. The molecule has 49 heavy (non-hydrogen) atoms. The molecule has 1 aliphatic rings. The van der Waals surface area contributed by atoms with Gasteiger partial charge in [-0.05, 0) is 117 Å². The molecule has 230 valence electrons. The van der Waals surface area contributed by atoms with Crippen molar-refractivity contribution in [3.05, 3.63) is 181 Å². The normalized spacial score (nSPS) is 13.3. The van der Waals surface area contributed by atoms with Crippen molar-refractivity contribution < 1.29 is 0 Å². The zero-order chi connectivity index (χ0) is 32.7. The zero-order valence-corrected chi connectivity index (χ0v) is 27.7. The second-order valence-electron chi connectivity index (χ2n) is 14.0. The Bertz CT molecular complexity index is 2720. The second-order valence-corrected chi connectivity index (χ2v) is 14.0. The highest BCUT2D eigenvalue weighted by molar-refractivity contribution is 6.22. The van der Waals surface area contributed by atoms with Crippen LogP contribution in [-0.2, 0) is 5.41 Å². The van der Waals surface area contributed by atoms with Crippen LogP contribution in [-0.4, -0.2) is 0 Å². The molecule has 0 atom stereocenters. The molecular weight excluding hydrogens is 589 g/mol. The van der Waals surface area contributed by atoms with Gasteiger partial charge in [0.25, 0.3) is 0 Å². The molecule has 1 aliphatic carbocycles. The lowest BCUT2D eigenvalue weighted by Crippen LogP contribution is -2.15. The summed E-state index contributed by atoms with van der Waals surface area (Å²) >= 11 is 0. The molecule has 0 heterocycles. The van der Waals surface area contributed by atoms with E-state index in [-0.39, 0.29) is 5.41 Å². The molecule has 0 saturated carbocycles. The minimum atomic E-state index is -0.0994. The average molecular weight is 623 g/mol. The van der Waals surface area contributed by atoms with Crippen LogP contribution in [0.4, 0.5) is 0 Å². The van der Waals surface area contributed by atoms with Gasteiger partial charge < -0.3 is 0 Å². The van der Waals surface area contributed by atoms with E-state index in [1.54, 1.807) is 0 Å². The van der Waals surface area contributed by atoms with Gasteiger partial charge in [-0.2, -0.15) is 0 Å². The summed E-state index contributed by atoms with van der Waals surface area (Å²) < 4.78 is 0. The fraction of sp³-hybridized carbons (Fsp3) is 0.0612. The van der Waals surface area contributed by atoms with Gasteiger partial charge in [0.05, 0.1) is 0 Å². The monoisotopic (exact) mass is 622 g/mol. The number of fused-ring (bicyclic) bond motifs is 8. The summed E-state index contributed by atoms with van der Waals surface area (Å²) in [7, 11) is 0. The summed E-state index contributed by atoms with van der Waals surface area (Å²) in [5.74, 6) is 0. The summed E-state index contributed by atoms with van der Waals surface area (Å²) in [5, 5.41) is 10.3. The Hall–Kier alpha value is -5.98. The van der Waals surface area contributed by atoms with Crippen molar-refractivity contribution in [2.24, 2.45) is 0 Å². The first kappa shape index (κ1) is 28.1. The Labute approximate surface area is 286 Å². The third-order valence-corrected chi connectivity index (χ3v) is 11.0. The summed E-state index contributed by atoms with van der Waals surface area (Å²) in [6.45, 7) is 4.77. The quantitative estimate of drug-likeness (QED) is 0.172. The first-order valence-electron chi connectivity index (χ1n) is 17.3. The molecule has 0 fully saturated rings. The largest absolute Gasteiger partial charge is 0.0622 e. The maximum atomic E-state index is 2.51.